The van der Waals surface area contributed by atoms with Crippen molar-refractivity contribution in [1.82, 2.24) is 14.9 Å². The van der Waals surface area contributed by atoms with E-state index in [9.17, 15) is 13.2 Å². The predicted octanol–water partition coefficient (Wildman–Crippen LogP) is 1.72. The van der Waals surface area contributed by atoms with E-state index in [-0.39, 0.29) is 19.0 Å². The molecule has 1 aliphatic heterocycles. The number of benzene rings is 2. The zero-order chi connectivity index (χ0) is 20.4. The van der Waals surface area contributed by atoms with E-state index in [4.69, 9.17) is 4.74 Å². The Bertz CT molecular complexity index is 1130. The molecule has 1 unspecified atom stereocenters. The molecule has 0 radical (unpaired) electrons. The van der Waals surface area contributed by atoms with E-state index >= 15 is 0 Å². The molecule has 0 fully saturated rings. The second-order valence-corrected chi connectivity index (χ2v) is 8.59. The lowest BCUT2D eigenvalue weighted by molar-refractivity contribution is -0.127. The van der Waals surface area contributed by atoms with Gasteiger partial charge < -0.3 is 14.6 Å². The number of rotatable bonds is 5. The van der Waals surface area contributed by atoms with Gasteiger partial charge in [-0.1, -0.05) is 30.3 Å². The quantitative estimate of drug-likeness (QED) is 0.689. The molecule has 1 aliphatic rings. The molecule has 9 heteroatoms. The number of aromatic nitrogens is 2. The summed E-state index contributed by atoms with van der Waals surface area (Å²) in [5, 5.41) is 2.85. The van der Waals surface area contributed by atoms with Crippen LogP contribution in [0.4, 0.5) is 5.69 Å². The second-order valence-electron chi connectivity index (χ2n) is 6.68. The zero-order valence-corrected chi connectivity index (χ0v) is 16.5. The van der Waals surface area contributed by atoms with Crippen LogP contribution in [0.1, 0.15) is 5.56 Å². The fourth-order valence-corrected chi connectivity index (χ4v) is 4.18. The van der Waals surface area contributed by atoms with Gasteiger partial charge in [0.1, 0.15) is 5.75 Å². The first-order valence-corrected chi connectivity index (χ1v) is 10.9. The van der Waals surface area contributed by atoms with Crippen LogP contribution in [0.5, 0.6) is 5.75 Å². The van der Waals surface area contributed by atoms with Gasteiger partial charge in [0.2, 0.25) is 10.0 Å². The summed E-state index contributed by atoms with van der Waals surface area (Å²) in [5.41, 5.74) is 2.23. The summed E-state index contributed by atoms with van der Waals surface area (Å²) in [5.74, 6) is -0.0169. The summed E-state index contributed by atoms with van der Waals surface area (Å²) in [4.78, 5) is 16.8. The first kappa shape index (κ1) is 19.0. The van der Waals surface area contributed by atoms with Crippen LogP contribution < -0.4 is 14.4 Å². The van der Waals surface area contributed by atoms with Gasteiger partial charge in [-0.05, 0) is 23.8 Å². The molecule has 1 aromatic heterocycles. The molecule has 0 bridgehead atoms. The van der Waals surface area contributed by atoms with Gasteiger partial charge in [0.15, 0.2) is 6.10 Å². The van der Waals surface area contributed by atoms with Crippen molar-refractivity contribution in [2.24, 2.45) is 0 Å². The SMILES string of the molecule is CS(=O)(=O)N1CC(C(=O)NCc2ccccc2-n2ccnc2)Oc2ccccc21. The first-order chi connectivity index (χ1) is 13.9. The van der Waals surface area contributed by atoms with Crippen LogP contribution in [-0.4, -0.2) is 42.8 Å². The summed E-state index contributed by atoms with van der Waals surface area (Å²) >= 11 is 0. The summed E-state index contributed by atoms with van der Waals surface area (Å²) in [6.45, 7) is 0.193. The Morgan fingerprint density at radius 3 is 2.62 bits per heavy atom. The minimum absolute atomic E-state index is 0.0785. The number of amides is 1. The lowest BCUT2D eigenvalue weighted by Crippen LogP contribution is -2.50. The maximum Gasteiger partial charge on any atom is 0.263 e. The lowest BCUT2D eigenvalue weighted by atomic mass is 10.1. The van der Waals surface area contributed by atoms with Gasteiger partial charge >= 0.3 is 0 Å². The summed E-state index contributed by atoms with van der Waals surface area (Å²) in [7, 11) is -3.55. The Hall–Kier alpha value is -3.33. The number of anilines is 1. The number of hydrogen-bond donors (Lipinski definition) is 1. The maximum atomic E-state index is 12.8. The summed E-state index contributed by atoms with van der Waals surface area (Å²) in [6.07, 6.45) is 5.37. The van der Waals surface area contributed by atoms with Crippen LogP contribution in [0, 0.1) is 0 Å². The molecule has 2 heterocycles. The molecule has 4 rings (SSSR count). The third-order valence-corrected chi connectivity index (χ3v) is 5.80. The van der Waals surface area contributed by atoms with Crippen molar-refractivity contribution in [2.75, 3.05) is 17.1 Å². The minimum atomic E-state index is -3.55. The number of fused-ring (bicyclic) bond motifs is 1. The first-order valence-electron chi connectivity index (χ1n) is 9.01. The molecular formula is C20H20N4O4S. The summed E-state index contributed by atoms with van der Waals surface area (Å²) < 4.78 is 33.2. The van der Waals surface area contributed by atoms with Crippen LogP contribution in [0.2, 0.25) is 0 Å². The van der Waals surface area contributed by atoms with Crippen molar-refractivity contribution >= 4 is 21.6 Å². The smallest absolute Gasteiger partial charge is 0.263 e. The second kappa shape index (κ2) is 7.59. The minimum Gasteiger partial charge on any atom is -0.476 e. The molecule has 0 spiro atoms. The van der Waals surface area contributed by atoms with Crippen molar-refractivity contribution < 1.29 is 17.9 Å². The molecule has 150 valence electrons. The number of carbonyl (C=O) groups excluding carboxylic acids is 1. The average Bonchev–Trinajstić information content (AvgIpc) is 3.25. The Morgan fingerprint density at radius 2 is 1.90 bits per heavy atom. The van der Waals surface area contributed by atoms with E-state index in [1.807, 2.05) is 35.0 Å². The van der Waals surface area contributed by atoms with Gasteiger partial charge in [0.05, 0.1) is 30.5 Å². The molecule has 8 nitrogen and oxygen atoms in total. The maximum absolute atomic E-state index is 12.8. The number of sulfonamides is 1. The molecule has 0 aliphatic carbocycles. The monoisotopic (exact) mass is 412 g/mol. The number of ether oxygens (including phenoxy) is 1. The van der Waals surface area contributed by atoms with Crippen LogP contribution >= 0.6 is 0 Å². The molecule has 0 saturated carbocycles. The molecule has 3 aromatic rings. The van der Waals surface area contributed by atoms with Crippen LogP contribution in [0.25, 0.3) is 5.69 Å². The van der Waals surface area contributed by atoms with E-state index in [0.717, 1.165) is 17.5 Å². The highest BCUT2D eigenvalue weighted by Gasteiger charge is 2.34. The van der Waals surface area contributed by atoms with Crippen molar-refractivity contribution in [1.29, 1.82) is 0 Å². The predicted molar refractivity (Wildman–Crippen MR) is 108 cm³/mol. The highest BCUT2D eigenvalue weighted by Crippen LogP contribution is 2.34. The van der Waals surface area contributed by atoms with E-state index in [1.54, 1.807) is 36.8 Å². The average molecular weight is 412 g/mol. The van der Waals surface area contributed by atoms with E-state index < -0.39 is 16.1 Å². The number of nitrogens with zero attached hydrogens (tertiary/aromatic N) is 3. The summed E-state index contributed by atoms with van der Waals surface area (Å²) in [6, 6.07) is 14.4. The highest BCUT2D eigenvalue weighted by molar-refractivity contribution is 7.92. The van der Waals surface area contributed by atoms with Gasteiger partial charge in [-0.2, -0.15) is 0 Å². The van der Waals surface area contributed by atoms with Crippen LogP contribution in [0.3, 0.4) is 0 Å². The van der Waals surface area contributed by atoms with E-state index in [2.05, 4.69) is 10.3 Å². The van der Waals surface area contributed by atoms with Gasteiger partial charge in [-0.15, -0.1) is 0 Å². The molecule has 1 N–H and O–H groups in total. The highest BCUT2D eigenvalue weighted by atomic mass is 32.2. The van der Waals surface area contributed by atoms with Gasteiger partial charge in [0.25, 0.3) is 5.91 Å². The topological polar surface area (TPSA) is 93.5 Å². The third kappa shape index (κ3) is 3.95. The number of nitrogens with one attached hydrogen (secondary N) is 1. The molecule has 0 saturated heterocycles. The largest absolute Gasteiger partial charge is 0.476 e. The number of hydrogen-bond acceptors (Lipinski definition) is 5. The van der Waals surface area contributed by atoms with Gasteiger partial charge in [0, 0.05) is 18.9 Å². The number of imidazole rings is 1. The Labute approximate surface area is 168 Å². The number of para-hydroxylation sites is 3. The number of carbonyl (C=O) groups is 1. The van der Waals surface area contributed by atoms with Crippen molar-refractivity contribution in [3.05, 3.63) is 72.8 Å². The molecular weight excluding hydrogens is 392 g/mol. The third-order valence-electron chi connectivity index (χ3n) is 4.65. The van der Waals surface area contributed by atoms with E-state index in [0.29, 0.717) is 11.4 Å². The van der Waals surface area contributed by atoms with Crippen molar-refractivity contribution in [2.45, 2.75) is 12.6 Å². The molecule has 1 amide bonds. The van der Waals surface area contributed by atoms with Crippen LogP contribution in [0.15, 0.2) is 67.3 Å². The van der Waals surface area contributed by atoms with Crippen molar-refractivity contribution in [3.63, 3.8) is 0 Å². The fraction of sp³-hybridized carbons (Fsp3) is 0.200. The molecule has 1 atom stereocenters. The Balaban J connectivity index is 1.52. The fourth-order valence-electron chi connectivity index (χ4n) is 3.26. The normalized spacial score (nSPS) is 16.0. The molecule has 2 aromatic carbocycles. The molecule has 29 heavy (non-hydrogen) atoms. The lowest BCUT2D eigenvalue weighted by Gasteiger charge is -2.33. The van der Waals surface area contributed by atoms with Crippen LogP contribution in [-0.2, 0) is 21.4 Å². The standard InChI is InChI=1S/C20H20N4O4S/c1-29(26,27)24-13-19(28-18-9-5-4-8-17(18)24)20(25)22-12-15-6-2-3-7-16(15)23-11-10-21-14-23/h2-11,14,19H,12-13H2,1H3,(H,22,25). The van der Waals surface area contributed by atoms with Gasteiger partial charge in [-0.25, -0.2) is 13.4 Å². The van der Waals surface area contributed by atoms with Gasteiger partial charge in [-0.3, -0.25) is 9.10 Å². The Morgan fingerprint density at radius 1 is 1.17 bits per heavy atom. The van der Waals surface area contributed by atoms with E-state index in [1.165, 1.54) is 4.31 Å². The van der Waals surface area contributed by atoms with Crippen molar-refractivity contribution in [3.8, 4) is 11.4 Å². The Kier molecular flexibility index (Phi) is 4.98. The zero-order valence-electron chi connectivity index (χ0n) is 15.7.